The average Bonchev–Trinajstić information content (AvgIpc) is 2.78. The Balaban J connectivity index is 2.36. The Morgan fingerprint density at radius 2 is 1.95 bits per heavy atom. The zero-order chi connectivity index (χ0) is 16.0. The molecule has 2 rings (SSSR count). The lowest BCUT2D eigenvalue weighted by molar-refractivity contribution is -0.185. The number of aromatic carboxylic acids is 1. The highest BCUT2D eigenvalue weighted by molar-refractivity contribution is 6.02. The average molecular weight is 302 g/mol. The monoisotopic (exact) mass is 302 g/mol. The molecule has 0 aromatic heterocycles. The van der Waals surface area contributed by atoms with E-state index in [-0.39, 0.29) is 24.2 Å². The number of fused-ring (bicyclic) bond motifs is 1. The molecule has 1 atom stereocenters. The molecule has 1 aliphatic rings. The minimum absolute atomic E-state index is 0.0226. The van der Waals surface area contributed by atoms with Crippen molar-refractivity contribution in [1.29, 1.82) is 0 Å². The van der Waals surface area contributed by atoms with Crippen LogP contribution in [0.4, 0.5) is 18.9 Å². The molecule has 0 fully saturated rings. The van der Waals surface area contributed by atoms with Crippen molar-refractivity contribution in [3.63, 3.8) is 0 Å². The SMILES string of the molecule is CC(N)(C(=O)N1CCc2cc(C(=O)O)ccc21)C(F)(F)F. The van der Waals surface area contributed by atoms with E-state index in [9.17, 15) is 22.8 Å². The van der Waals surface area contributed by atoms with Gasteiger partial charge in [0.15, 0.2) is 5.54 Å². The molecule has 0 radical (unpaired) electrons. The van der Waals surface area contributed by atoms with Gasteiger partial charge in [-0.25, -0.2) is 4.79 Å². The lowest BCUT2D eigenvalue weighted by Gasteiger charge is -2.31. The molecule has 21 heavy (non-hydrogen) atoms. The molecule has 1 amide bonds. The van der Waals surface area contributed by atoms with Gasteiger partial charge in [0.05, 0.1) is 5.56 Å². The van der Waals surface area contributed by atoms with Crippen molar-refractivity contribution in [3.05, 3.63) is 29.3 Å². The molecule has 1 unspecified atom stereocenters. The smallest absolute Gasteiger partial charge is 0.415 e. The highest BCUT2D eigenvalue weighted by Gasteiger charge is 2.56. The highest BCUT2D eigenvalue weighted by atomic mass is 19.4. The Kier molecular flexibility index (Phi) is 3.45. The number of hydrogen-bond donors (Lipinski definition) is 2. The van der Waals surface area contributed by atoms with E-state index in [0.717, 1.165) is 4.90 Å². The number of nitrogens with zero attached hydrogens (tertiary/aromatic N) is 1. The number of halogens is 3. The van der Waals surface area contributed by atoms with Crippen molar-refractivity contribution >= 4 is 17.6 Å². The zero-order valence-corrected chi connectivity index (χ0v) is 11.1. The lowest BCUT2D eigenvalue weighted by atomic mass is 10.0. The van der Waals surface area contributed by atoms with Gasteiger partial charge in [0.25, 0.3) is 5.91 Å². The Morgan fingerprint density at radius 1 is 1.33 bits per heavy atom. The van der Waals surface area contributed by atoms with Crippen LogP contribution in [0.5, 0.6) is 0 Å². The van der Waals surface area contributed by atoms with Crippen LogP contribution in [0.1, 0.15) is 22.8 Å². The van der Waals surface area contributed by atoms with Crippen LogP contribution in [-0.4, -0.2) is 35.2 Å². The second-order valence-corrected chi connectivity index (χ2v) is 5.06. The van der Waals surface area contributed by atoms with Crippen LogP contribution in [0, 0.1) is 0 Å². The number of amides is 1. The van der Waals surface area contributed by atoms with E-state index in [2.05, 4.69) is 0 Å². The van der Waals surface area contributed by atoms with Crippen molar-refractivity contribution < 1.29 is 27.9 Å². The van der Waals surface area contributed by atoms with Gasteiger partial charge in [-0.1, -0.05) is 0 Å². The fraction of sp³-hybridized carbons (Fsp3) is 0.385. The number of alkyl halides is 3. The number of carbonyl (C=O) groups is 2. The van der Waals surface area contributed by atoms with Gasteiger partial charge in [0, 0.05) is 12.2 Å². The molecule has 0 bridgehead atoms. The summed E-state index contributed by atoms with van der Waals surface area (Å²) in [6.07, 6.45) is -4.58. The second-order valence-electron chi connectivity index (χ2n) is 5.06. The minimum Gasteiger partial charge on any atom is -0.478 e. The Bertz CT molecular complexity index is 611. The largest absolute Gasteiger partial charge is 0.478 e. The van der Waals surface area contributed by atoms with Crippen molar-refractivity contribution in [2.24, 2.45) is 5.73 Å². The Hall–Kier alpha value is -2.09. The summed E-state index contributed by atoms with van der Waals surface area (Å²) >= 11 is 0. The number of carboxylic acids is 1. The third-order valence-electron chi connectivity index (χ3n) is 3.50. The van der Waals surface area contributed by atoms with Crippen molar-refractivity contribution in [2.45, 2.75) is 25.1 Å². The van der Waals surface area contributed by atoms with E-state index in [0.29, 0.717) is 12.5 Å². The summed E-state index contributed by atoms with van der Waals surface area (Å²) in [5.41, 5.74) is 2.96. The van der Waals surface area contributed by atoms with Crippen LogP contribution in [0.25, 0.3) is 0 Å². The van der Waals surface area contributed by atoms with Gasteiger partial charge in [-0.3, -0.25) is 4.79 Å². The van der Waals surface area contributed by atoms with Crippen molar-refractivity contribution in [1.82, 2.24) is 0 Å². The molecule has 3 N–H and O–H groups in total. The van der Waals surface area contributed by atoms with Gasteiger partial charge in [0.1, 0.15) is 0 Å². The molecule has 1 aromatic rings. The molecule has 0 saturated carbocycles. The van der Waals surface area contributed by atoms with Crippen molar-refractivity contribution in [3.8, 4) is 0 Å². The second kappa shape index (κ2) is 4.73. The number of benzene rings is 1. The van der Waals surface area contributed by atoms with Gasteiger partial charge in [-0.05, 0) is 37.1 Å². The summed E-state index contributed by atoms with van der Waals surface area (Å²) in [5, 5.41) is 8.88. The number of carboxylic acid groups (broad SMARTS) is 1. The van der Waals surface area contributed by atoms with Gasteiger partial charge in [-0.2, -0.15) is 13.2 Å². The molecule has 5 nitrogen and oxygen atoms in total. The van der Waals surface area contributed by atoms with Gasteiger partial charge in [0.2, 0.25) is 0 Å². The molecule has 1 aromatic carbocycles. The maximum absolute atomic E-state index is 12.8. The molecule has 1 heterocycles. The molecule has 0 saturated heterocycles. The van der Waals surface area contributed by atoms with E-state index in [1.54, 1.807) is 0 Å². The predicted octanol–water partition coefficient (Wildman–Crippen LogP) is 1.55. The first-order valence-corrected chi connectivity index (χ1v) is 6.09. The zero-order valence-electron chi connectivity index (χ0n) is 11.1. The third-order valence-corrected chi connectivity index (χ3v) is 3.50. The molecule has 8 heteroatoms. The maximum Gasteiger partial charge on any atom is 0.415 e. The molecule has 0 spiro atoms. The van der Waals surface area contributed by atoms with E-state index in [1.165, 1.54) is 18.2 Å². The number of nitrogens with two attached hydrogens (primary N) is 1. The van der Waals surface area contributed by atoms with Gasteiger partial charge in [-0.15, -0.1) is 0 Å². The fourth-order valence-corrected chi connectivity index (χ4v) is 2.15. The van der Waals surface area contributed by atoms with Crippen molar-refractivity contribution in [2.75, 3.05) is 11.4 Å². The first-order valence-electron chi connectivity index (χ1n) is 6.09. The van der Waals surface area contributed by atoms with Gasteiger partial charge < -0.3 is 15.7 Å². The molecular weight excluding hydrogens is 289 g/mol. The van der Waals surface area contributed by atoms with E-state index in [1.807, 2.05) is 0 Å². The Morgan fingerprint density at radius 3 is 2.48 bits per heavy atom. The van der Waals surface area contributed by atoms with Gasteiger partial charge >= 0.3 is 12.1 Å². The standard InChI is InChI=1S/C13H13F3N2O3/c1-12(17,13(14,15)16)11(21)18-5-4-7-6-8(10(19)20)2-3-9(7)18/h2-3,6H,4-5,17H2,1H3,(H,19,20). The van der Waals surface area contributed by atoms with E-state index >= 15 is 0 Å². The normalized spacial score (nSPS) is 17.3. The number of anilines is 1. The van der Waals surface area contributed by atoms with Crippen LogP contribution < -0.4 is 10.6 Å². The molecule has 114 valence electrons. The molecular formula is C13H13F3N2O3. The molecule has 0 aliphatic carbocycles. The lowest BCUT2D eigenvalue weighted by Crippen LogP contribution is -2.62. The van der Waals surface area contributed by atoms with E-state index in [4.69, 9.17) is 10.8 Å². The first-order chi connectivity index (χ1) is 9.55. The number of hydrogen-bond acceptors (Lipinski definition) is 3. The summed E-state index contributed by atoms with van der Waals surface area (Å²) < 4.78 is 38.5. The maximum atomic E-state index is 12.8. The summed E-state index contributed by atoms with van der Waals surface area (Å²) in [6, 6.07) is 3.93. The summed E-state index contributed by atoms with van der Waals surface area (Å²) in [5.74, 6) is -2.39. The minimum atomic E-state index is -4.87. The van der Waals surface area contributed by atoms with Crippen LogP contribution in [0.2, 0.25) is 0 Å². The quantitative estimate of drug-likeness (QED) is 0.868. The summed E-state index contributed by atoms with van der Waals surface area (Å²) in [4.78, 5) is 23.9. The highest BCUT2D eigenvalue weighted by Crippen LogP contribution is 2.35. The fourth-order valence-electron chi connectivity index (χ4n) is 2.15. The summed E-state index contributed by atoms with van der Waals surface area (Å²) in [6.45, 7) is 0.666. The van der Waals surface area contributed by atoms with Crippen LogP contribution in [0.3, 0.4) is 0 Å². The first kappa shape index (κ1) is 15.3. The topological polar surface area (TPSA) is 83.6 Å². The van der Waals surface area contributed by atoms with Crippen LogP contribution in [0.15, 0.2) is 18.2 Å². The van der Waals surface area contributed by atoms with Crippen LogP contribution >= 0.6 is 0 Å². The van der Waals surface area contributed by atoms with Crippen LogP contribution in [-0.2, 0) is 11.2 Å². The Labute approximate surface area is 118 Å². The number of carbonyl (C=O) groups excluding carboxylic acids is 1. The van der Waals surface area contributed by atoms with E-state index < -0.39 is 23.6 Å². The predicted molar refractivity (Wildman–Crippen MR) is 68.1 cm³/mol. The number of rotatable bonds is 2. The third kappa shape index (κ3) is 2.46. The molecule has 1 aliphatic heterocycles. The summed E-state index contributed by atoms with van der Waals surface area (Å²) in [7, 11) is 0.